The minimum Gasteiger partial charge on any atom is -0.494 e. The number of fused-ring (bicyclic) bond motifs is 1. The number of amides is 2. The Morgan fingerprint density at radius 3 is 2.76 bits per heavy atom. The van der Waals surface area contributed by atoms with Crippen LogP contribution in [-0.2, 0) is 24.8 Å². The van der Waals surface area contributed by atoms with E-state index in [-0.39, 0.29) is 23.7 Å². The second-order valence-electron chi connectivity index (χ2n) is 7.95. The first kappa shape index (κ1) is 23.6. The molecule has 0 radical (unpaired) electrons. The highest BCUT2D eigenvalue weighted by atomic mass is 32.2. The molecule has 9 nitrogen and oxygen atoms in total. The lowest BCUT2D eigenvalue weighted by molar-refractivity contribution is -0.113. The topological polar surface area (TPSA) is 107 Å². The van der Waals surface area contributed by atoms with Gasteiger partial charge in [-0.15, -0.1) is 10.2 Å². The van der Waals surface area contributed by atoms with Gasteiger partial charge in [0.15, 0.2) is 5.16 Å². The normalized spacial score (nSPS) is 14.3. The number of rotatable bonds is 9. The van der Waals surface area contributed by atoms with Gasteiger partial charge in [0.05, 0.1) is 12.4 Å². The summed E-state index contributed by atoms with van der Waals surface area (Å²) >= 11 is 1.30. The van der Waals surface area contributed by atoms with E-state index in [9.17, 15) is 9.59 Å². The van der Waals surface area contributed by atoms with E-state index >= 15 is 0 Å². The lowest BCUT2D eigenvalue weighted by Gasteiger charge is -2.13. The molecule has 0 fully saturated rings. The summed E-state index contributed by atoms with van der Waals surface area (Å²) in [5, 5.41) is 14.1. The summed E-state index contributed by atoms with van der Waals surface area (Å²) in [4.78, 5) is 24.9. The third-order valence-electron chi connectivity index (χ3n) is 5.25. The second-order valence-corrected chi connectivity index (χ2v) is 8.90. The number of hydrogen-bond acceptors (Lipinski definition) is 7. The number of ether oxygens (including phenoxy) is 2. The van der Waals surface area contributed by atoms with E-state index in [1.165, 1.54) is 11.8 Å². The Morgan fingerprint density at radius 1 is 1.26 bits per heavy atom. The first-order valence-electron chi connectivity index (χ1n) is 11.0. The lowest BCUT2D eigenvalue weighted by atomic mass is 10.1. The highest BCUT2D eigenvalue weighted by Gasteiger charge is 2.22. The van der Waals surface area contributed by atoms with Crippen LogP contribution in [0.5, 0.6) is 11.5 Å². The number of nitrogens with zero attached hydrogens (tertiary/aromatic N) is 3. The minimum atomic E-state index is -0.215. The summed E-state index contributed by atoms with van der Waals surface area (Å²) in [6.45, 7) is 4.82. The first-order valence-corrected chi connectivity index (χ1v) is 12.0. The Kier molecular flexibility index (Phi) is 7.36. The van der Waals surface area contributed by atoms with Crippen LogP contribution in [0.15, 0.2) is 47.9 Å². The molecule has 10 heteroatoms. The van der Waals surface area contributed by atoms with Gasteiger partial charge in [-0.2, -0.15) is 0 Å². The second kappa shape index (κ2) is 10.6. The number of carbonyl (C=O) groups is 2. The van der Waals surface area contributed by atoms with Crippen molar-refractivity contribution in [2.45, 2.75) is 38.1 Å². The van der Waals surface area contributed by atoms with E-state index in [0.29, 0.717) is 29.6 Å². The maximum absolute atomic E-state index is 12.7. The van der Waals surface area contributed by atoms with E-state index in [2.05, 4.69) is 20.8 Å². The van der Waals surface area contributed by atoms with Crippen molar-refractivity contribution in [3.8, 4) is 11.5 Å². The highest BCUT2D eigenvalue weighted by molar-refractivity contribution is 7.99. The van der Waals surface area contributed by atoms with Crippen LogP contribution >= 0.6 is 11.8 Å². The van der Waals surface area contributed by atoms with Gasteiger partial charge < -0.3 is 24.7 Å². The zero-order valence-corrected chi connectivity index (χ0v) is 20.1. The number of hydrogen-bond donors (Lipinski definition) is 2. The molecule has 0 spiro atoms. The van der Waals surface area contributed by atoms with E-state index in [0.717, 1.165) is 29.0 Å². The highest BCUT2D eigenvalue weighted by Crippen LogP contribution is 2.35. The largest absolute Gasteiger partial charge is 0.494 e. The maximum atomic E-state index is 12.7. The molecule has 4 rings (SSSR count). The summed E-state index contributed by atoms with van der Waals surface area (Å²) < 4.78 is 13.4. The van der Waals surface area contributed by atoms with Crippen LogP contribution in [0.2, 0.25) is 0 Å². The number of nitrogens with one attached hydrogen (secondary N) is 2. The molecule has 0 aliphatic carbocycles. The molecule has 2 heterocycles. The quantitative estimate of drug-likeness (QED) is 0.452. The molecular formula is C24H27N5O4S. The van der Waals surface area contributed by atoms with Gasteiger partial charge in [0.2, 0.25) is 5.91 Å². The van der Waals surface area contributed by atoms with Gasteiger partial charge >= 0.3 is 0 Å². The van der Waals surface area contributed by atoms with Gasteiger partial charge in [0.25, 0.3) is 5.91 Å². The lowest BCUT2D eigenvalue weighted by Crippen LogP contribution is -2.23. The predicted octanol–water partition coefficient (Wildman–Crippen LogP) is 3.20. The number of benzene rings is 2. The monoisotopic (exact) mass is 481 g/mol. The van der Waals surface area contributed by atoms with Crippen LogP contribution in [0, 0.1) is 0 Å². The first-order chi connectivity index (χ1) is 16.4. The molecular weight excluding hydrogens is 454 g/mol. The zero-order valence-electron chi connectivity index (χ0n) is 19.3. The van der Waals surface area contributed by atoms with Crippen LogP contribution in [0.4, 0.5) is 5.69 Å². The number of anilines is 1. The van der Waals surface area contributed by atoms with E-state index < -0.39 is 0 Å². The molecule has 0 saturated heterocycles. The molecule has 1 atom stereocenters. The molecule has 1 unspecified atom stereocenters. The summed E-state index contributed by atoms with van der Waals surface area (Å²) in [5.74, 6) is 1.43. The van der Waals surface area contributed by atoms with Crippen molar-refractivity contribution in [3.05, 3.63) is 59.4 Å². The van der Waals surface area contributed by atoms with Crippen molar-refractivity contribution >= 4 is 29.3 Å². The van der Waals surface area contributed by atoms with Crippen molar-refractivity contribution in [2.75, 3.05) is 17.7 Å². The van der Waals surface area contributed by atoms with E-state index in [1.54, 1.807) is 35.2 Å². The predicted molar refractivity (Wildman–Crippen MR) is 129 cm³/mol. The van der Waals surface area contributed by atoms with Crippen molar-refractivity contribution < 1.29 is 19.1 Å². The van der Waals surface area contributed by atoms with Gasteiger partial charge in [-0.25, -0.2) is 0 Å². The fraction of sp³-hybridized carbons (Fsp3) is 0.333. The molecule has 2 N–H and O–H groups in total. The van der Waals surface area contributed by atoms with Crippen LogP contribution in [0.1, 0.15) is 35.3 Å². The number of aromatic nitrogens is 3. The SMILES string of the molecule is CCOc1cc2c(cc1CNC(=O)c1ccc(NC(=O)CSc3nncn3C)cc1)OC(C)C2. The third kappa shape index (κ3) is 5.69. The summed E-state index contributed by atoms with van der Waals surface area (Å²) in [6, 6.07) is 10.7. The number of carbonyl (C=O) groups excluding carboxylic acids is 2. The van der Waals surface area contributed by atoms with Crippen molar-refractivity contribution in [1.29, 1.82) is 0 Å². The van der Waals surface area contributed by atoms with Crippen molar-refractivity contribution in [2.24, 2.45) is 7.05 Å². The molecule has 3 aromatic rings. The molecule has 1 aromatic heterocycles. The molecule has 0 saturated carbocycles. The fourth-order valence-corrected chi connectivity index (χ4v) is 4.31. The van der Waals surface area contributed by atoms with Gasteiger partial charge in [-0.1, -0.05) is 11.8 Å². The third-order valence-corrected chi connectivity index (χ3v) is 6.29. The smallest absolute Gasteiger partial charge is 0.251 e. The Hall–Kier alpha value is -3.53. The van der Waals surface area contributed by atoms with Gasteiger partial charge in [0.1, 0.15) is 23.9 Å². The van der Waals surface area contributed by atoms with E-state index in [4.69, 9.17) is 9.47 Å². The summed E-state index contributed by atoms with van der Waals surface area (Å²) in [5.41, 5.74) is 3.10. The Bertz CT molecular complexity index is 1180. The van der Waals surface area contributed by atoms with Crippen molar-refractivity contribution in [3.63, 3.8) is 0 Å². The van der Waals surface area contributed by atoms with Crippen LogP contribution < -0.4 is 20.1 Å². The molecule has 2 amide bonds. The Morgan fingerprint density at radius 2 is 2.06 bits per heavy atom. The van der Waals surface area contributed by atoms with Crippen LogP contribution in [0.3, 0.4) is 0 Å². The fourth-order valence-electron chi connectivity index (χ4n) is 3.62. The summed E-state index contributed by atoms with van der Waals surface area (Å²) in [6.07, 6.45) is 2.57. The number of aryl methyl sites for hydroxylation is 1. The Balaban J connectivity index is 1.32. The van der Waals surface area contributed by atoms with Crippen LogP contribution in [-0.4, -0.2) is 45.0 Å². The van der Waals surface area contributed by atoms with Gasteiger partial charge in [0, 0.05) is 42.4 Å². The van der Waals surface area contributed by atoms with Gasteiger partial charge in [-0.3, -0.25) is 9.59 Å². The average molecular weight is 482 g/mol. The molecule has 1 aliphatic rings. The molecule has 0 bridgehead atoms. The van der Waals surface area contributed by atoms with Crippen molar-refractivity contribution in [1.82, 2.24) is 20.1 Å². The van der Waals surface area contributed by atoms with Crippen LogP contribution in [0.25, 0.3) is 0 Å². The average Bonchev–Trinajstić information content (AvgIpc) is 3.40. The van der Waals surface area contributed by atoms with Gasteiger partial charge in [-0.05, 0) is 50.2 Å². The zero-order chi connectivity index (χ0) is 24.1. The summed E-state index contributed by atoms with van der Waals surface area (Å²) in [7, 11) is 1.82. The Labute approximate surface area is 202 Å². The molecule has 2 aromatic carbocycles. The maximum Gasteiger partial charge on any atom is 0.251 e. The molecule has 34 heavy (non-hydrogen) atoms. The minimum absolute atomic E-state index is 0.138. The molecule has 178 valence electrons. The number of thioether (sulfide) groups is 1. The standard InChI is InChI=1S/C24H27N5O4S/c1-4-32-20-10-17-9-15(2)33-21(17)11-18(20)12-25-23(31)16-5-7-19(8-6-16)27-22(30)13-34-24-28-26-14-29(24)3/h5-8,10-11,14-15H,4,9,12-13H2,1-3H3,(H,25,31)(H,27,30). The molecule has 1 aliphatic heterocycles. The van der Waals surface area contributed by atoms with E-state index in [1.807, 2.05) is 33.0 Å².